The summed E-state index contributed by atoms with van der Waals surface area (Å²) in [6.45, 7) is 24.1. The van der Waals surface area contributed by atoms with E-state index in [1.54, 1.807) is 0 Å². The Hall–Kier alpha value is 0.531. The van der Waals surface area contributed by atoms with Crippen LogP contribution in [0.4, 0.5) is 0 Å². The third-order valence-corrected chi connectivity index (χ3v) is 15.8. The van der Waals surface area contributed by atoms with E-state index in [0.717, 1.165) is 31.9 Å². The predicted octanol–water partition coefficient (Wildman–Crippen LogP) is 4.68. The summed E-state index contributed by atoms with van der Waals surface area (Å²) in [6.07, 6.45) is 3.18. The van der Waals surface area contributed by atoms with Crippen LogP contribution in [0.1, 0.15) is 47.0 Å². The van der Waals surface area contributed by atoms with Gasteiger partial charge in [0.05, 0.1) is 14.0 Å². The van der Waals surface area contributed by atoms with E-state index in [-0.39, 0.29) is 10.4 Å². The summed E-state index contributed by atoms with van der Waals surface area (Å²) in [5.74, 6) is 0. The normalized spacial score (nSPS) is 18.8. The minimum atomic E-state index is -2.01. The van der Waals surface area contributed by atoms with Crippen LogP contribution in [0.3, 0.4) is 0 Å². The fraction of sp³-hybridized carbons (Fsp3) is 1.00. The molecule has 6 heteroatoms. The molecule has 23 heavy (non-hydrogen) atoms. The minimum absolute atomic E-state index is 0.0679. The van der Waals surface area contributed by atoms with Crippen LogP contribution in [0.2, 0.25) is 45.3 Å². The Morgan fingerprint density at radius 1 is 0.957 bits per heavy atom. The molecule has 0 aliphatic rings. The molecule has 2 atom stereocenters. The van der Waals surface area contributed by atoms with Gasteiger partial charge in [-0.1, -0.05) is 26.9 Å². The highest BCUT2D eigenvalue weighted by Crippen LogP contribution is 2.37. The van der Waals surface area contributed by atoms with Crippen molar-refractivity contribution in [1.29, 1.82) is 0 Å². The Bertz CT molecular complexity index is 364. The molecular formula is C17H43NO2Si3. The first-order valence-corrected chi connectivity index (χ1v) is 18.3. The van der Waals surface area contributed by atoms with Crippen molar-refractivity contribution in [3.05, 3.63) is 0 Å². The lowest BCUT2D eigenvalue weighted by atomic mass is 10.3. The van der Waals surface area contributed by atoms with E-state index < -0.39 is 25.4 Å². The average molecular weight is 378 g/mol. The molecule has 3 nitrogen and oxygen atoms in total. The van der Waals surface area contributed by atoms with E-state index >= 15 is 0 Å². The summed E-state index contributed by atoms with van der Waals surface area (Å²) < 4.78 is 13.8. The van der Waals surface area contributed by atoms with Crippen molar-refractivity contribution in [1.82, 2.24) is 0 Å². The molecule has 2 unspecified atom stereocenters. The smallest absolute Gasteiger partial charge is 0.216 e. The van der Waals surface area contributed by atoms with Crippen molar-refractivity contribution in [2.24, 2.45) is 5.73 Å². The molecule has 140 valence electrons. The van der Waals surface area contributed by atoms with Crippen LogP contribution in [0.5, 0.6) is 0 Å². The van der Waals surface area contributed by atoms with Crippen LogP contribution >= 0.6 is 0 Å². The fourth-order valence-electron chi connectivity index (χ4n) is 3.10. The molecule has 0 aromatic rings. The number of hydrogen-bond donors (Lipinski definition) is 1. The zero-order valence-electron chi connectivity index (χ0n) is 17.5. The van der Waals surface area contributed by atoms with Gasteiger partial charge in [-0.3, -0.25) is 0 Å². The molecule has 0 saturated carbocycles. The van der Waals surface area contributed by atoms with E-state index in [4.69, 9.17) is 14.6 Å². The molecule has 0 aromatic heterocycles. The average Bonchev–Trinajstić information content (AvgIpc) is 2.43. The molecule has 0 heterocycles. The Morgan fingerprint density at radius 2 is 1.48 bits per heavy atom. The molecule has 0 amide bonds. The molecule has 0 radical (unpaired) electrons. The van der Waals surface area contributed by atoms with Gasteiger partial charge in [0.15, 0.2) is 8.32 Å². The molecule has 0 spiro atoms. The van der Waals surface area contributed by atoms with Crippen LogP contribution in [-0.4, -0.2) is 42.4 Å². The third kappa shape index (κ3) is 6.40. The van der Waals surface area contributed by atoms with Gasteiger partial charge >= 0.3 is 0 Å². The van der Waals surface area contributed by atoms with Crippen LogP contribution < -0.4 is 5.73 Å². The van der Waals surface area contributed by atoms with Gasteiger partial charge < -0.3 is 14.6 Å². The second-order valence-corrected chi connectivity index (χ2v) is 20.8. The maximum absolute atomic E-state index is 6.92. The zero-order valence-corrected chi connectivity index (χ0v) is 20.7. The van der Waals surface area contributed by atoms with Gasteiger partial charge in [0.2, 0.25) is 8.32 Å². The molecule has 0 aliphatic heterocycles. The van der Waals surface area contributed by atoms with Crippen molar-refractivity contribution >= 4 is 25.4 Å². The second kappa shape index (κ2) is 8.76. The van der Waals surface area contributed by atoms with Crippen LogP contribution in [0.15, 0.2) is 0 Å². The van der Waals surface area contributed by atoms with Crippen LogP contribution in [0.25, 0.3) is 0 Å². The molecule has 0 bridgehead atoms. The fourth-order valence-corrected chi connectivity index (χ4v) is 12.5. The van der Waals surface area contributed by atoms with Gasteiger partial charge in [-0.15, -0.1) is 0 Å². The van der Waals surface area contributed by atoms with Crippen LogP contribution in [0, 0.1) is 0 Å². The topological polar surface area (TPSA) is 44.5 Å². The summed E-state index contributed by atoms with van der Waals surface area (Å²) in [4.78, 5) is 0. The molecule has 0 fully saturated rings. The van der Waals surface area contributed by atoms with Crippen molar-refractivity contribution in [2.75, 3.05) is 6.54 Å². The third-order valence-electron chi connectivity index (χ3n) is 5.84. The van der Waals surface area contributed by atoms with E-state index in [2.05, 4.69) is 67.0 Å². The summed E-state index contributed by atoms with van der Waals surface area (Å²) in [5, 5.41) is -0.0600. The minimum Gasteiger partial charge on any atom is -0.412 e. The molecule has 0 aliphatic carbocycles. The van der Waals surface area contributed by atoms with E-state index in [1.807, 2.05) is 0 Å². The van der Waals surface area contributed by atoms with E-state index in [0.29, 0.717) is 0 Å². The lowest BCUT2D eigenvalue weighted by molar-refractivity contribution is 0.0776. The lowest BCUT2D eigenvalue weighted by Gasteiger charge is -2.50. The molecular weight excluding hydrogens is 334 g/mol. The van der Waals surface area contributed by atoms with Crippen molar-refractivity contribution < 1.29 is 8.85 Å². The highest BCUT2D eigenvalue weighted by atomic mass is 28.4. The highest BCUT2D eigenvalue weighted by molar-refractivity contribution is 6.78. The first-order chi connectivity index (χ1) is 10.3. The first-order valence-electron chi connectivity index (χ1n) is 9.39. The Kier molecular flexibility index (Phi) is 8.96. The van der Waals surface area contributed by atoms with Crippen molar-refractivity contribution in [2.45, 2.75) is 103 Å². The summed E-state index contributed by atoms with van der Waals surface area (Å²) in [6, 6.07) is 1.13. The number of rotatable bonds is 11. The van der Waals surface area contributed by atoms with Gasteiger partial charge in [0, 0.05) is 5.22 Å². The molecule has 0 aromatic carbocycles. The zero-order chi connectivity index (χ0) is 18.5. The van der Waals surface area contributed by atoms with E-state index in [1.165, 1.54) is 0 Å². The largest absolute Gasteiger partial charge is 0.412 e. The Balaban J connectivity index is 5.37. The van der Waals surface area contributed by atoms with Crippen molar-refractivity contribution in [3.63, 3.8) is 0 Å². The molecule has 0 saturated heterocycles. The highest BCUT2D eigenvalue weighted by Gasteiger charge is 2.51. The monoisotopic (exact) mass is 377 g/mol. The van der Waals surface area contributed by atoms with Gasteiger partial charge in [0.25, 0.3) is 0 Å². The van der Waals surface area contributed by atoms with Gasteiger partial charge in [0.1, 0.15) is 0 Å². The van der Waals surface area contributed by atoms with Gasteiger partial charge in [-0.25, -0.2) is 0 Å². The van der Waals surface area contributed by atoms with Gasteiger partial charge in [-0.05, 0) is 71.9 Å². The van der Waals surface area contributed by atoms with Crippen LogP contribution in [-0.2, 0) is 8.85 Å². The Labute approximate surface area is 149 Å². The summed E-state index contributed by atoms with van der Waals surface area (Å²) in [7, 11) is -4.63. The number of nitrogens with two attached hydrogens (primary N) is 1. The first kappa shape index (κ1) is 23.5. The van der Waals surface area contributed by atoms with E-state index in [9.17, 15) is 0 Å². The standard InChI is InChI=1S/C17H43NO2Si3/c1-11-16(3,21(5)6)19-23(9,10)17(4,12-2)20-22(7,8)15-13-14-18/h21H,11-15,18H2,1-10H3. The second-order valence-electron chi connectivity index (χ2n) is 8.77. The molecule has 2 N–H and O–H groups in total. The summed E-state index contributed by atoms with van der Waals surface area (Å²) >= 11 is 0. The summed E-state index contributed by atoms with van der Waals surface area (Å²) in [5.41, 5.74) is 5.71. The maximum atomic E-state index is 6.92. The Morgan fingerprint density at radius 3 is 1.83 bits per heavy atom. The number of hydrogen-bond acceptors (Lipinski definition) is 3. The predicted molar refractivity (Wildman–Crippen MR) is 112 cm³/mol. The lowest BCUT2D eigenvalue weighted by Crippen LogP contribution is -2.64. The SMILES string of the molecule is CCC(C)(O[Si](C)(C)C(C)(CC)O[Si](C)(C)CCCN)[SiH](C)C. The van der Waals surface area contributed by atoms with Crippen molar-refractivity contribution in [3.8, 4) is 0 Å². The molecule has 0 rings (SSSR count). The maximum Gasteiger partial charge on any atom is 0.216 e. The quantitative estimate of drug-likeness (QED) is 0.532. The van der Waals surface area contributed by atoms with Gasteiger partial charge in [-0.2, -0.15) is 0 Å².